The Kier molecular flexibility index (Phi) is 3.33. The van der Waals surface area contributed by atoms with Crippen LogP contribution in [0.25, 0.3) is 0 Å². The van der Waals surface area contributed by atoms with Crippen molar-refractivity contribution in [3.8, 4) is 6.07 Å². The minimum atomic E-state index is -1.19. The fourth-order valence-corrected chi connectivity index (χ4v) is 1.48. The molecule has 0 aliphatic carbocycles. The van der Waals surface area contributed by atoms with Gasteiger partial charge in [-0.3, -0.25) is 4.79 Å². The molecule has 0 saturated carbocycles. The number of allylic oxidation sites excluding steroid dienone is 1. The molecule has 1 aliphatic rings. The SMILES string of the molecule is CCOC(=O)C1=C(C)NC(=O)C(C)(C#N)C1. The fraction of sp³-hybridized carbons (Fsp3) is 0.545. The van der Waals surface area contributed by atoms with Crippen molar-refractivity contribution < 1.29 is 14.3 Å². The number of nitriles is 1. The summed E-state index contributed by atoms with van der Waals surface area (Å²) in [5.41, 5.74) is -0.358. The third-order valence-electron chi connectivity index (χ3n) is 2.55. The summed E-state index contributed by atoms with van der Waals surface area (Å²) in [7, 11) is 0. The molecule has 16 heavy (non-hydrogen) atoms. The summed E-state index contributed by atoms with van der Waals surface area (Å²) in [6.45, 7) is 5.11. The fourth-order valence-electron chi connectivity index (χ4n) is 1.48. The average molecular weight is 222 g/mol. The Bertz CT molecular complexity index is 406. The molecular formula is C11H14N2O3. The maximum atomic E-state index is 11.6. The average Bonchev–Trinajstić information content (AvgIpc) is 2.24. The van der Waals surface area contributed by atoms with Gasteiger partial charge >= 0.3 is 5.97 Å². The normalized spacial score (nSPS) is 24.8. The molecule has 0 saturated heterocycles. The number of nitrogens with one attached hydrogen (secondary N) is 1. The highest BCUT2D eigenvalue weighted by atomic mass is 16.5. The van der Waals surface area contributed by atoms with Crippen LogP contribution in [0.4, 0.5) is 0 Å². The molecular weight excluding hydrogens is 208 g/mol. The van der Waals surface area contributed by atoms with Gasteiger partial charge in [0.05, 0.1) is 18.2 Å². The van der Waals surface area contributed by atoms with E-state index in [0.29, 0.717) is 11.3 Å². The van der Waals surface area contributed by atoms with E-state index >= 15 is 0 Å². The second kappa shape index (κ2) is 4.35. The van der Waals surface area contributed by atoms with Crippen LogP contribution in [0.2, 0.25) is 0 Å². The largest absolute Gasteiger partial charge is 0.463 e. The lowest BCUT2D eigenvalue weighted by atomic mass is 9.81. The first-order valence-electron chi connectivity index (χ1n) is 5.04. The Morgan fingerprint density at radius 2 is 2.31 bits per heavy atom. The number of hydrogen-bond acceptors (Lipinski definition) is 4. The first-order valence-corrected chi connectivity index (χ1v) is 5.04. The van der Waals surface area contributed by atoms with Gasteiger partial charge in [-0.05, 0) is 20.8 Å². The smallest absolute Gasteiger partial charge is 0.335 e. The van der Waals surface area contributed by atoms with Gasteiger partial charge in [0.15, 0.2) is 0 Å². The van der Waals surface area contributed by atoms with Gasteiger partial charge in [-0.15, -0.1) is 0 Å². The Morgan fingerprint density at radius 3 is 2.81 bits per heavy atom. The number of carbonyl (C=O) groups is 2. The first-order chi connectivity index (χ1) is 7.44. The lowest BCUT2D eigenvalue weighted by Crippen LogP contribution is -2.43. The summed E-state index contributed by atoms with van der Waals surface area (Å²) in [5, 5.41) is 11.5. The standard InChI is InChI=1S/C11H14N2O3/c1-4-16-9(14)8-5-11(3,6-12)10(15)13-7(8)2/h4-5H2,1-3H3,(H,13,15). The summed E-state index contributed by atoms with van der Waals surface area (Å²) in [6.07, 6.45) is 0.0972. The zero-order valence-electron chi connectivity index (χ0n) is 9.59. The minimum Gasteiger partial charge on any atom is -0.463 e. The highest BCUT2D eigenvalue weighted by molar-refractivity contribution is 5.96. The van der Waals surface area contributed by atoms with Crippen molar-refractivity contribution in [1.29, 1.82) is 5.26 Å². The maximum Gasteiger partial charge on any atom is 0.335 e. The van der Waals surface area contributed by atoms with Crippen LogP contribution in [-0.4, -0.2) is 18.5 Å². The monoisotopic (exact) mass is 222 g/mol. The molecule has 1 atom stereocenters. The third-order valence-corrected chi connectivity index (χ3v) is 2.55. The number of hydrogen-bond donors (Lipinski definition) is 1. The van der Waals surface area contributed by atoms with Crippen LogP contribution in [-0.2, 0) is 14.3 Å². The molecule has 1 heterocycles. The highest BCUT2D eigenvalue weighted by Crippen LogP contribution is 2.31. The lowest BCUT2D eigenvalue weighted by Gasteiger charge is -2.28. The zero-order valence-corrected chi connectivity index (χ0v) is 9.59. The topological polar surface area (TPSA) is 79.2 Å². The molecule has 0 aromatic carbocycles. The second-order valence-corrected chi connectivity index (χ2v) is 3.90. The molecule has 1 rings (SSSR count). The number of rotatable bonds is 2. The number of carbonyl (C=O) groups excluding carboxylic acids is 2. The van der Waals surface area contributed by atoms with Crippen molar-refractivity contribution in [2.45, 2.75) is 27.2 Å². The van der Waals surface area contributed by atoms with Crippen molar-refractivity contribution in [2.24, 2.45) is 5.41 Å². The van der Waals surface area contributed by atoms with Gasteiger partial charge in [0, 0.05) is 12.1 Å². The summed E-state index contributed by atoms with van der Waals surface area (Å²) in [6, 6.07) is 1.92. The summed E-state index contributed by atoms with van der Waals surface area (Å²) in [5.74, 6) is -0.845. The van der Waals surface area contributed by atoms with Crippen LogP contribution in [0.1, 0.15) is 27.2 Å². The van der Waals surface area contributed by atoms with E-state index in [9.17, 15) is 9.59 Å². The quantitative estimate of drug-likeness (QED) is 0.703. The number of amides is 1. The van der Waals surface area contributed by atoms with E-state index in [4.69, 9.17) is 10.00 Å². The number of ether oxygens (including phenoxy) is 1. The molecule has 1 aliphatic heterocycles. The van der Waals surface area contributed by atoms with Crippen LogP contribution in [0, 0.1) is 16.7 Å². The first kappa shape index (κ1) is 12.2. The predicted octanol–water partition coefficient (Wildman–Crippen LogP) is 0.873. The molecule has 0 fully saturated rings. The van der Waals surface area contributed by atoms with Crippen molar-refractivity contribution in [1.82, 2.24) is 5.32 Å². The highest BCUT2D eigenvalue weighted by Gasteiger charge is 2.40. The lowest BCUT2D eigenvalue weighted by molar-refractivity contribution is -0.139. The van der Waals surface area contributed by atoms with Crippen LogP contribution in [0.15, 0.2) is 11.3 Å². The van der Waals surface area contributed by atoms with E-state index in [1.165, 1.54) is 6.92 Å². The minimum absolute atomic E-state index is 0.0972. The van der Waals surface area contributed by atoms with Gasteiger partial charge < -0.3 is 10.1 Å². The maximum absolute atomic E-state index is 11.6. The Labute approximate surface area is 94.1 Å². The van der Waals surface area contributed by atoms with Crippen LogP contribution in [0.3, 0.4) is 0 Å². The summed E-state index contributed by atoms with van der Waals surface area (Å²) >= 11 is 0. The van der Waals surface area contributed by atoms with Crippen molar-refractivity contribution in [3.05, 3.63) is 11.3 Å². The van der Waals surface area contributed by atoms with Crippen molar-refractivity contribution in [3.63, 3.8) is 0 Å². The Balaban J connectivity index is 3.03. The molecule has 0 aromatic rings. The molecule has 1 N–H and O–H groups in total. The molecule has 0 spiro atoms. The zero-order chi connectivity index (χ0) is 12.3. The van der Waals surface area contributed by atoms with E-state index in [1.807, 2.05) is 6.07 Å². The molecule has 0 radical (unpaired) electrons. The van der Waals surface area contributed by atoms with Crippen LogP contribution < -0.4 is 5.32 Å². The van der Waals surface area contributed by atoms with Gasteiger partial charge in [-0.2, -0.15) is 5.26 Å². The molecule has 1 amide bonds. The summed E-state index contributed by atoms with van der Waals surface area (Å²) < 4.78 is 4.87. The Morgan fingerprint density at radius 1 is 1.69 bits per heavy atom. The predicted molar refractivity (Wildman–Crippen MR) is 55.8 cm³/mol. The van der Waals surface area contributed by atoms with Gasteiger partial charge in [0.2, 0.25) is 5.91 Å². The van der Waals surface area contributed by atoms with Gasteiger partial charge in [-0.25, -0.2) is 4.79 Å². The second-order valence-electron chi connectivity index (χ2n) is 3.90. The van der Waals surface area contributed by atoms with Crippen LogP contribution in [0.5, 0.6) is 0 Å². The molecule has 86 valence electrons. The summed E-state index contributed by atoms with van der Waals surface area (Å²) in [4.78, 5) is 23.1. The van der Waals surface area contributed by atoms with E-state index in [0.717, 1.165) is 0 Å². The van der Waals surface area contributed by atoms with E-state index < -0.39 is 11.4 Å². The molecule has 5 nitrogen and oxygen atoms in total. The van der Waals surface area contributed by atoms with E-state index in [-0.39, 0.29) is 18.9 Å². The molecule has 0 bridgehead atoms. The molecule has 1 unspecified atom stereocenters. The third kappa shape index (κ3) is 2.06. The van der Waals surface area contributed by atoms with E-state index in [1.54, 1.807) is 13.8 Å². The van der Waals surface area contributed by atoms with Crippen molar-refractivity contribution in [2.75, 3.05) is 6.61 Å². The van der Waals surface area contributed by atoms with Gasteiger partial charge in [0.1, 0.15) is 5.41 Å². The van der Waals surface area contributed by atoms with Gasteiger partial charge in [0.25, 0.3) is 0 Å². The molecule has 5 heteroatoms. The van der Waals surface area contributed by atoms with Crippen LogP contribution >= 0.6 is 0 Å². The van der Waals surface area contributed by atoms with Gasteiger partial charge in [-0.1, -0.05) is 0 Å². The van der Waals surface area contributed by atoms with E-state index in [2.05, 4.69) is 5.32 Å². The number of esters is 1. The van der Waals surface area contributed by atoms with Crippen molar-refractivity contribution >= 4 is 11.9 Å². The molecule has 0 aromatic heterocycles. The number of nitrogens with zero attached hydrogens (tertiary/aromatic N) is 1. The Hall–Kier alpha value is -1.83.